The van der Waals surface area contributed by atoms with Crippen LogP contribution in [0.5, 0.6) is 5.75 Å². The van der Waals surface area contributed by atoms with Crippen LogP contribution in [0.25, 0.3) is 0 Å². The summed E-state index contributed by atoms with van der Waals surface area (Å²) < 4.78 is 11.4. The number of hydrogen-bond donors (Lipinski definition) is 2. The molecule has 0 unspecified atom stereocenters. The van der Waals surface area contributed by atoms with E-state index < -0.39 is 15.9 Å². The minimum absolute atomic E-state index is 0.317. The Labute approximate surface area is 144 Å². The molecule has 0 amide bonds. The highest BCUT2D eigenvalue weighted by Crippen LogP contribution is 2.80. The van der Waals surface area contributed by atoms with Gasteiger partial charge in [0.05, 0.1) is 25.4 Å². The van der Waals surface area contributed by atoms with Crippen LogP contribution in [0.2, 0.25) is 0 Å². The lowest BCUT2D eigenvalue weighted by Crippen LogP contribution is -2.88. The van der Waals surface area contributed by atoms with Gasteiger partial charge in [-0.25, -0.2) is 4.99 Å². The van der Waals surface area contributed by atoms with Crippen molar-refractivity contribution in [2.24, 2.45) is 16.6 Å². The third kappa shape index (κ3) is 1.47. The van der Waals surface area contributed by atoms with E-state index in [0.29, 0.717) is 19.0 Å². The molecule has 4 atom stereocenters. The highest BCUT2D eigenvalue weighted by atomic mass is 32.2. The second-order valence-electron chi connectivity index (χ2n) is 6.13. The Hall–Kier alpha value is -2.22. The standard InChI is InChI=1S/C17H16N4O2S/c1-2-22-12-5-3-11(4-6-12)13-15(9-18)14(20)21-17(16(13,15)10-19)23-7-8-24-17/h3-6,13H,2,7-8H2,1H3,(H2,20,21)/p+1/t13-,15-,16-,17-/m1/s1. The third-order valence-corrected chi connectivity index (χ3v) is 6.54. The molecule has 1 aromatic carbocycles. The van der Waals surface area contributed by atoms with Crippen LogP contribution in [0, 0.1) is 33.5 Å². The van der Waals surface area contributed by atoms with Crippen molar-refractivity contribution in [1.82, 2.24) is 0 Å². The Morgan fingerprint density at radius 1 is 1.38 bits per heavy atom. The van der Waals surface area contributed by atoms with Gasteiger partial charge in [-0.15, -0.1) is 0 Å². The zero-order valence-electron chi connectivity index (χ0n) is 13.2. The topological polar surface area (TPSA) is 106 Å². The van der Waals surface area contributed by atoms with Crippen molar-refractivity contribution in [2.75, 3.05) is 19.0 Å². The molecule has 7 heteroatoms. The second-order valence-corrected chi connectivity index (χ2v) is 7.40. The summed E-state index contributed by atoms with van der Waals surface area (Å²) in [5.41, 5.74) is 5.02. The van der Waals surface area contributed by atoms with E-state index >= 15 is 0 Å². The van der Waals surface area contributed by atoms with Gasteiger partial charge in [-0.05, 0) is 24.6 Å². The lowest BCUT2D eigenvalue weighted by molar-refractivity contribution is -0.583. The fourth-order valence-electron chi connectivity index (χ4n) is 4.24. The zero-order valence-corrected chi connectivity index (χ0v) is 14.0. The first kappa shape index (κ1) is 15.3. The molecule has 3 aliphatic rings. The minimum atomic E-state index is -1.06. The summed E-state index contributed by atoms with van der Waals surface area (Å²) in [5, 5.41) is 19.0. The van der Waals surface area contributed by atoms with E-state index in [1.54, 1.807) is 0 Å². The van der Waals surface area contributed by atoms with Crippen LogP contribution in [0.4, 0.5) is 0 Å². The quantitative estimate of drug-likeness (QED) is 0.806. The van der Waals surface area contributed by atoms with Gasteiger partial charge < -0.3 is 9.47 Å². The maximum atomic E-state index is 10.0. The van der Waals surface area contributed by atoms with Crippen molar-refractivity contribution in [1.29, 1.82) is 10.5 Å². The second kappa shape index (κ2) is 4.89. The first-order chi connectivity index (χ1) is 11.6. The van der Waals surface area contributed by atoms with Gasteiger partial charge in [-0.3, -0.25) is 5.73 Å². The van der Waals surface area contributed by atoms with E-state index in [2.05, 4.69) is 17.1 Å². The number of nitrogens with one attached hydrogen (secondary N) is 1. The van der Waals surface area contributed by atoms with Gasteiger partial charge in [-0.1, -0.05) is 23.9 Å². The van der Waals surface area contributed by atoms with Crippen molar-refractivity contribution < 1.29 is 14.5 Å². The van der Waals surface area contributed by atoms with Crippen LogP contribution < -0.4 is 15.5 Å². The first-order valence-electron chi connectivity index (χ1n) is 7.86. The van der Waals surface area contributed by atoms with E-state index in [9.17, 15) is 10.5 Å². The number of ether oxygens (including phenoxy) is 2. The highest BCUT2D eigenvalue weighted by Gasteiger charge is 2.96. The van der Waals surface area contributed by atoms with Crippen LogP contribution >= 0.6 is 11.8 Å². The van der Waals surface area contributed by atoms with Crippen molar-refractivity contribution in [3.05, 3.63) is 29.8 Å². The first-order valence-corrected chi connectivity index (χ1v) is 8.84. The molecule has 1 saturated heterocycles. The molecule has 2 heterocycles. The number of hydrogen-bond acceptors (Lipinski definition) is 6. The predicted octanol–water partition coefficient (Wildman–Crippen LogP) is 0.0711. The molecule has 0 radical (unpaired) electrons. The highest BCUT2D eigenvalue weighted by molar-refractivity contribution is 8.00. The van der Waals surface area contributed by atoms with Crippen molar-refractivity contribution in [3.8, 4) is 17.9 Å². The van der Waals surface area contributed by atoms with Crippen molar-refractivity contribution in [3.63, 3.8) is 0 Å². The molecule has 24 heavy (non-hydrogen) atoms. The van der Waals surface area contributed by atoms with Gasteiger partial charge in [-0.2, -0.15) is 10.5 Å². The largest absolute Gasteiger partial charge is 0.494 e. The Morgan fingerprint density at radius 3 is 2.67 bits per heavy atom. The molecule has 4 rings (SSSR count). The SMILES string of the molecule is CCOc1ccc([C@H]2[C@@]3(C#N)[C@@]4([NH+]=C(N)[C@@]23C#N)OCCS4)cc1. The van der Waals surface area contributed by atoms with Gasteiger partial charge >= 0.3 is 0 Å². The van der Waals surface area contributed by atoms with Gasteiger partial charge in [0.15, 0.2) is 10.8 Å². The molecule has 2 aliphatic heterocycles. The molecule has 3 N–H and O–H groups in total. The molecule has 0 aromatic heterocycles. The van der Waals surface area contributed by atoms with E-state index in [0.717, 1.165) is 17.1 Å². The molecule has 0 bridgehead atoms. The molecular formula is C17H17N4O2S+. The normalized spacial score (nSPS) is 39.0. The number of amidine groups is 1. The summed E-state index contributed by atoms with van der Waals surface area (Å²) in [7, 11) is 0. The summed E-state index contributed by atoms with van der Waals surface area (Å²) >= 11 is 1.52. The summed E-state index contributed by atoms with van der Waals surface area (Å²) in [4.78, 5) is 3.11. The van der Waals surface area contributed by atoms with Gasteiger partial charge in [0.25, 0.3) is 10.9 Å². The van der Waals surface area contributed by atoms with Crippen LogP contribution in [-0.2, 0) is 4.74 Å². The summed E-state index contributed by atoms with van der Waals surface area (Å²) in [5.74, 6) is 1.55. The number of nitrogens with zero attached hydrogens (tertiary/aromatic N) is 2. The Balaban J connectivity index is 1.82. The van der Waals surface area contributed by atoms with Gasteiger partial charge in [0.2, 0.25) is 0 Å². The number of nitriles is 2. The van der Waals surface area contributed by atoms with E-state index in [4.69, 9.17) is 15.2 Å². The Kier molecular flexibility index (Phi) is 3.12. The van der Waals surface area contributed by atoms with Crippen molar-refractivity contribution in [2.45, 2.75) is 17.9 Å². The minimum Gasteiger partial charge on any atom is -0.494 e. The molecule has 2 fully saturated rings. The smallest absolute Gasteiger partial charge is 0.277 e. The monoisotopic (exact) mass is 341 g/mol. The maximum absolute atomic E-state index is 10.0. The van der Waals surface area contributed by atoms with E-state index in [1.165, 1.54) is 11.8 Å². The molecule has 1 aliphatic carbocycles. The van der Waals surface area contributed by atoms with Gasteiger partial charge in [0, 0.05) is 11.7 Å². The molecular weight excluding hydrogens is 324 g/mol. The number of thioether (sulfide) groups is 1. The number of nitrogens with two attached hydrogens (primary N) is 1. The van der Waals surface area contributed by atoms with Gasteiger partial charge in [0.1, 0.15) is 5.75 Å². The van der Waals surface area contributed by atoms with Crippen LogP contribution in [0.15, 0.2) is 24.3 Å². The van der Waals surface area contributed by atoms with E-state index in [1.807, 2.05) is 31.2 Å². The lowest BCUT2D eigenvalue weighted by atomic mass is 9.95. The number of fused-ring (bicyclic) bond motifs is 2. The Bertz CT molecular complexity index is 803. The Morgan fingerprint density at radius 2 is 2.12 bits per heavy atom. The van der Waals surface area contributed by atoms with Crippen LogP contribution in [-0.4, -0.2) is 29.9 Å². The molecule has 6 nitrogen and oxygen atoms in total. The summed E-state index contributed by atoms with van der Waals surface area (Å²) in [6.45, 7) is 3.05. The predicted molar refractivity (Wildman–Crippen MR) is 87.7 cm³/mol. The summed E-state index contributed by atoms with van der Waals surface area (Å²) in [6, 6.07) is 12.3. The van der Waals surface area contributed by atoms with Crippen LogP contribution in [0.3, 0.4) is 0 Å². The number of benzene rings is 1. The lowest BCUT2D eigenvalue weighted by Gasteiger charge is -2.23. The zero-order chi connectivity index (χ0) is 17.0. The van der Waals surface area contributed by atoms with E-state index in [-0.39, 0.29) is 5.92 Å². The fourth-order valence-corrected chi connectivity index (χ4v) is 5.60. The molecule has 1 aromatic rings. The molecule has 1 spiro atoms. The number of rotatable bonds is 3. The fraction of sp³-hybridized carbons (Fsp3) is 0.471. The average molecular weight is 341 g/mol. The summed E-state index contributed by atoms with van der Waals surface area (Å²) in [6.07, 6.45) is 0. The maximum Gasteiger partial charge on any atom is 0.277 e. The molecule has 1 saturated carbocycles. The third-order valence-electron chi connectivity index (χ3n) is 5.22. The van der Waals surface area contributed by atoms with Crippen molar-refractivity contribution >= 4 is 17.6 Å². The molecule has 122 valence electrons. The average Bonchev–Trinajstić information content (AvgIpc) is 2.84. The van der Waals surface area contributed by atoms with Crippen LogP contribution in [0.1, 0.15) is 18.4 Å².